The van der Waals surface area contributed by atoms with Crippen molar-refractivity contribution < 1.29 is 0 Å². The summed E-state index contributed by atoms with van der Waals surface area (Å²) in [4.78, 5) is 2.53. The first-order valence-corrected chi connectivity index (χ1v) is 7.52. The minimum absolute atomic E-state index is 0.641. The van der Waals surface area contributed by atoms with Crippen molar-refractivity contribution in [1.29, 1.82) is 0 Å². The molecule has 102 valence electrons. The summed E-state index contributed by atoms with van der Waals surface area (Å²) < 4.78 is 0. The van der Waals surface area contributed by atoms with Crippen LogP contribution in [-0.2, 0) is 6.54 Å². The smallest absolute Gasteiger partial charge is 0.0351 e. The third-order valence-corrected chi connectivity index (χ3v) is 4.01. The lowest BCUT2D eigenvalue weighted by atomic mass is 10.0. The Balaban J connectivity index is 2.89. The fourth-order valence-corrected chi connectivity index (χ4v) is 2.82. The van der Waals surface area contributed by atoms with Gasteiger partial charge in [-0.1, -0.05) is 32.0 Å². The van der Waals surface area contributed by atoms with Crippen molar-refractivity contribution in [2.45, 2.75) is 53.1 Å². The molecule has 2 heteroatoms. The van der Waals surface area contributed by atoms with Crippen molar-refractivity contribution in [3.8, 4) is 0 Å². The Bertz CT molecular complexity index is 338. The normalized spacial score (nSPS) is 11.5. The zero-order valence-electron chi connectivity index (χ0n) is 12.2. The number of hydrogen-bond acceptors (Lipinski definition) is 1. The Labute approximate surface area is 117 Å². The molecule has 1 aromatic rings. The number of hydrogen-bond donors (Lipinski definition) is 0. The van der Waals surface area contributed by atoms with Crippen LogP contribution in [0.2, 0.25) is 0 Å². The molecule has 0 aliphatic rings. The van der Waals surface area contributed by atoms with E-state index in [2.05, 4.69) is 50.8 Å². The van der Waals surface area contributed by atoms with Crippen LogP contribution >= 0.6 is 11.6 Å². The standard InChI is InChI=1S/C16H26ClN/c1-5-15(6-2)18(11-10-17)12-16-13(3)8-7-9-14(16)4/h7-9,15H,5-6,10-12H2,1-4H3. The molecular weight excluding hydrogens is 242 g/mol. The highest BCUT2D eigenvalue weighted by molar-refractivity contribution is 6.18. The van der Waals surface area contributed by atoms with Gasteiger partial charge in [0, 0.05) is 25.0 Å². The van der Waals surface area contributed by atoms with Crippen molar-refractivity contribution in [3.63, 3.8) is 0 Å². The predicted octanol–water partition coefficient (Wildman–Crippen LogP) is 4.53. The van der Waals surface area contributed by atoms with Crippen LogP contribution in [0.4, 0.5) is 0 Å². The second kappa shape index (κ2) is 7.81. The molecule has 0 aliphatic carbocycles. The fourth-order valence-electron chi connectivity index (χ4n) is 2.61. The molecule has 0 aliphatic heterocycles. The maximum Gasteiger partial charge on any atom is 0.0351 e. The van der Waals surface area contributed by atoms with Crippen LogP contribution < -0.4 is 0 Å². The first kappa shape index (κ1) is 15.5. The Hall–Kier alpha value is -0.530. The molecule has 0 unspecified atom stereocenters. The Morgan fingerprint density at radius 1 is 1.11 bits per heavy atom. The molecule has 0 N–H and O–H groups in total. The molecule has 1 rings (SSSR count). The van der Waals surface area contributed by atoms with E-state index >= 15 is 0 Å². The second-order valence-electron chi connectivity index (χ2n) is 5.00. The van der Waals surface area contributed by atoms with Crippen molar-refractivity contribution in [2.24, 2.45) is 0 Å². The summed E-state index contributed by atoms with van der Waals surface area (Å²) in [5.41, 5.74) is 4.25. The minimum atomic E-state index is 0.641. The molecule has 0 spiro atoms. The van der Waals surface area contributed by atoms with Gasteiger partial charge in [-0.05, 0) is 43.4 Å². The number of alkyl halides is 1. The van der Waals surface area contributed by atoms with Gasteiger partial charge in [0.1, 0.15) is 0 Å². The Morgan fingerprint density at radius 2 is 1.67 bits per heavy atom. The SMILES string of the molecule is CCC(CC)N(CCCl)Cc1c(C)cccc1C. The molecule has 0 aromatic heterocycles. The largest absolute Gasteiger partial charge is 0.295 e. The summed E-state index contributed by atoms with van der Waals surface area (Å²) in [6.07, 6.45) is 2.39. The van der Waals surface area contributed by atoms with E-state index in [-0.39, 0.29) is 0 Å². The van der Waals surface area contributed by atoms with E-state index in [4.69, 9.17) is 11.6 Å². The van der Waals surface area contributed by atoms with Gasteiger partial charge in [-0.15, -0.1) is 11.6 Å². The van der Waals surface area contributed by atoms with Crippen LogP contribution in [0.1, 0.15) is 43.4 Å². The number of rotatable bonds is 7. The molecule has 1 nitrogen and oxygen atoms in total. The highest BCUT2D eigenvalue weighted by atomic mass is 35.5. The zero-order valence-corrected chi connectivity index (χ0v) is 12.9. The minimum Gasteiger partial charge on any atom is -0.295 e. The summed E-state index contributed by atoms with van der Waals surface area (Å²) in [5.74, 6) is 0.710. The average Bonchev–Trinajstić information content (AvgIpc) is 2.35. The van der Waals surface area contributed by atoms with Crippen LogP contribution in [0, 0.1) is 13.8 Å². The quantitative estimate of drug-likeness (QED) is 0.656. The van der Waals surface area contributed by atoms with Gasteiger partial charge in [-0.2, -0.15) is 0 Å². The molecule has 0 heterocycles. The highest BCUT2D eigenvalue weighted by Crippen LogP contribution is 2.19. The van der Waals surface area contributed by atoms with Crippen molar-refractivity contribution in [2.75, 3.05) is 12.4 Å². The van der Waals surface area contributed by atoms with Gasteiger partial charge < -0.3 is 0 Å². The second-order valence-corrected chi connectivity index (χ2v) is 5.38. The topological polar surface area (TPSA) is 3.24 Å². The summed E-state index contributed by atoms with van der Waals surface area (Å²) >= 11 is 5.96. The highest BCUT2D eigenvalue weighted by Gasteiger charge is 2.16. The predicted molar refractivity (Wildman–Crippen MR) is 81.4 cm³/mol. The molecule has 0 saturated carbocycles. The number of halogens is 1. The van der Waals surface area contributed by atoms with Crippen molar-refractivity contribution >= 4 is 11.6 Å². The third kappa shape index (κ3) is 4.00. The summed E-state index contributed by atoms with van der Waals surface area (Å²) in [5, 5.41) is 0. The number of benzene rings is 1. The Kier molecular flexibility index (Phi) is 6.73. The first-order valence-electron chi connectivity index (χ1n) is 6.99. The maximum absolute atomic E-state index is 5.96. The molecule has 0 saturated heterocycles. The van der Waals surface area contributed by atoms with Crippen LogP contribution in [0.25, 0.3) is 0 Å². The third-order valence-electron chi connectivity index (χ3n) is 3.84. The lowest BCUT2D eigenvalue weighted by molar-refractivity contribution is 0.187. The van der Waals surface area contributed by atoms with E-state index in [0.717, 1.165) is 13.1 Å². The molecule has 0 radical (unpaired) electrons. The molecule has 0 atom stereocenters. The molecular formula is C16H26ClN. The Morgan fingerprint density at radius 3 is 2.11 bits per heavy atom. The van der Waals surface area contributed by atoms with E-state index < -0.39 is 0 Å². The fraction of sp³-hybridized carbons (Fsp3) is 0.625. The first-order chi connectivity index (χ1) is 8.63. The van der Waals surface area contributed by atoms with Crippen LogP contribution in [0.5, 0.6) is 0 Å². The molecule has 18 heavy (non-hydrogen) atoms. The van der Waals surface area contributed by atoms with Crippen LogP contribution in [-0.4, -0.2) is 23.4 Å². The van der Waals surface area contributed by atoms with Gasteiger partial charge in [0.2, 0.25) is 0 Å². The van der Waals surface area contributed by atoms with Gasteiger partial charge in [-0.3, -0.25) is 4.90 Å². The van der Waals surface area contributed by atoms with Crippen molar-refractivity contribution in [1.82, 2.24) is 4.90 Å². The maximum atomic E-state index is 5.96. The zero-order chi connectivity index (χ0) is 13.5. The van der Waals surface area contributed by atoms with Gasteiger partial charge in [-0.25, -0.2) is 0 Å². The molecule has 0 fully saturated rings. The number of aryl methyl sites for hydroxylation is 2. The van der Waals surface area contributed by atoms with E-state index in [1.165, 1.54) is 29.5 Å². The van der Waals surface area contributed by atoms with Crippen molar-refractivity contribution in [3.05, 3.63) is 34.9 Å². The summed E-state index contributed by atoms with van der Waals surface area (Å²) in [6.45, 7) is 10.9. The van der Waals surface area contributed by atoms with Gasteiger partial charge in [0.15, 0.2) is 0 Å². The lowest BCUT2D eigenvalue weighted by Crippen LogP contribution is -2.35. The van der Waals surface area contributed by atoms with Gasteiger partial charge in [0.25, 0.3) is 0 Å². The molecule has 0 bridgehead atoms. The monoisotopic (exact) mass is 267 g/mol. The van der Waals surface area contributed by atoms with Crippen LogP contribution in [0.15, 0.2) is 18.2 Å². The molecule has 0 amide bonds. The van der Waals surface area contributed by atoms with Gasteiger partial charge >= 0.3 is 0 Å². The summed E-state index contributed by atoms with van der Waals surface area (Å²) in [6, 6.07) is 7.18. The lowest BCUT2D eigenvalue weighted by Gasteiger charge is -2.31. The van der Waals surface area contributed by atoms with E-state index in [1.807, 2.05) is 0 Å². The average molecular weight is 268 g/mol. The van der Waals surface area contributed by atoms with Gasteiger partial charge in [0.05, 0.1) is 0 Å². The summed E-state index contributed by atoms with van der Waals surface area (Å²) in [7, 11) is 0. The van der Waals surface area contributed by atoms with E-state index in [9.17, 15) is 0 Å². The van der Waals surface area contributed by atoms with E-state index in [0.29, 0.717) is 11.9 Å². The van der Waals surface area contributed by atoms with E-state index in [1.54, 1.807) is 0 Å². The number of nitrogens with zero attached hydrogens (tertiary/aromatic N) is 1. The van der Waals surface area contributed by atoms with Crippen LogP contribution in [0.3, 0.4) is 0 Å². The molecule has 1 aromatic carbocycles.